The normalized spacial score (nSPS) is 12.7. The summed E-state index contributed by atoms with van der Waals surface area (Å²) in [7, 11) is 0. The highest BCUT2D eigenvalue weighted by molar-refractivity contribution is 9.10. The molecule has 1 atom stereocenters. The summed E-state index contributed by atoms with van der Waals surface area (Å²) in [6, 6.07) is 0. The first-order valence-corrected chi connectivity index (χ1v) is 5.03. The van der Waals surface area contributed by atoms with Gasteiger partial charge in [-0.25, -0.2) is 0 Å². The van der Waals surface area contributed by atoms with Gasteiger partial charge in [-0.3, -0.25) is 4.79 Å². The Labute approximate surface area is 82.5 Å². The molecular formula is C9H16BrNO. The summed E-state index contributed by atoms with van der Waals surface area (Å²) in [5, 5.41) is 2.81. The van der Waals surface area contributed by atoms with Gasteiger partial charge in [-0.2, -0.15) is 0 Å². The van der Waals surface area contributed by atoms with Crippen LogP contribution in [0.5, 0.6) is 0 Å². The number of amides is 1. The second-order valence-corrected chi connectivity index (χ2v) is 4.00. The highest BCUT2D eigenvalue weighted by atomic mass is 79.9. The number of rotatable bonds is 5. The van der Waals surface area contributed by atoms with E-state index in [0.29, 0.717) is 12.5 Å². The fourth-order valence-electron chi connectivity index (χ4n) is 0.698. The Morgan fingerprint density at radius 1 is 1.67 bits per heavy atom. The van der Waals surface area contributed by atoms with E-state index in [1.807, 2.05) is 13.8 Å². The highest BCUT2D eigenvalue weighted by Crippen LogP contribution is 2.11. The molecule has 0 aliphatic rings. The van der Waals surface area contributed by atoms with E-state index in [-0.39, 0.29) is 10.7 Å². The van der Waals surface area contributed by atoms with Crippen LogP contribution < -0.4 is 5.32 Å². The van der Waals surface area contributed by atoms with Gasteiger partial charge in [0.25, 0.3) is 0 Å². The van der Waals surface area contributed by atoms with Crippen molar-refractivity contribution >= 4 is 21.8 Å². The first-order valence-electron chi connectivity index (χ1n) is 4.12. The van der Waals surface area contributed by atoms with Crippen molar-refractivity contribution in [3.05, 3.63) is 12.7 Å². The summed E-state index contributed by atoms with van der Waals surface area (Å²) < 4.78 is 0. The van der Waals surface area contributed by atoms with Gasteiger partial charge in [0.05, 0.1) is 4.83 Å². The van der Waals surface area contributed by atoms with Crippen molar-refractivity contribution < 1.29 is 4.79 Å². The Morgan fingerprint density at radius 3 is 2.67 bits per heavy atom. The van der Waals surface area contributed by atoms with Gasteiger partial charge in [-0.15, -0.1) is 6.58 Å². The van der Waals surface area contributed by atoms with Crippen LogP contribution in [0.4, 0.5) is 0 Å². The van der Waals surface area contributed by atoms with Crippen molar-refractivity contribution in [2.24, 2.45) is 5.92 Å². The molecular weight excluding hydrogens is 218 g/mol. The number of carbonyl (C=O) groups excluding carboxylic acids is 1. The summed E-state index contributed by atoms with van der Waals surface area (Å²) in [5.74, 6) is 0.389. The molecule has 12 heavy (non-hydrogen) atoms. The van der Waals surface area contributed by atoms with Gasteiger partial charge in [0.1, 0.15) is 0 Å². The third-order valence-electron chi connectivity index (χ3n) is 1.48. The van der Waals surface area contributed by atoms with Crippen molar-refractivity contribution in [3.8, 4) is 0 Å². The first-order chi connectivity index (χ1) is 5.59. The Bertz CT molecular complexity index is 157. The number of nitrogens with one attached hydrogen (secondary N) is 1. The van der Waals surface area contributed by atoms with Crippen LogP contribution in [0.25, 0.3) is 0 Å². The van der Waals surface area contributed by atoms with Crippen molar-refractivity contribution in [1.82, 2.24) is 5.32 Å². The predicted molar refractivity (Wildman–Crippen MR) is 55.4 cm³/mol. The molecule has 1 amide bonds. The molecule has 0 radical (unpaired) electrons. The van der Waals surface area contributed by atoms with Crippen LogP contribution in [-0.2, 0) is 4.79 Å². The number of hydrogen-bond donors (Lipinski definition) is 1. The highest BCUT2D eigenvalue weighted by Gasteiger charge is 2.17. The van der Waals surface area contributed by atoms with Crippen LogP contribution in [0.1, 0.15) is 20.3 Å². The molecule has 0 aromatic carbocycles. The third kappa shape index (κ3) is 4.54. The summed E-state index contributed by atoms with van der Waals surface area (Å²) >= 11 is 3.32. The zero-order chi connectivity index (χ0) is 9.56. The average molecular weight is 234 g/mol. The van der Waals surface area contributed by atoms with Crippen molar-refractivity contribution in [2.75, 3.05) is 6.54 Å². The van der Waals surface area contributed by atoms with Gasteiger partial charge in [0.15, 0.2) is 0 Å². The second kappa shape index (κ2) is 6.23. The van der Waals surface area contributed by atoms with Crippen molar-refractivity contribution in [3.63, 3.8) is 0 Å². The van der Waals surface area contributed by atoms with E-state index in [1.54, 1.807) is 6.08 Å². The van der Waals surface area contributed by atoms with Gasteiger partial charge in [0.2, 0.25) is 5.91 Å². The van der Waals surface area contributed by atoms with Gasteiger partial charge in [-0.1, -0.05) is 35.9 Å². The first kappa shape index (κ1) is 11.7. The van der Waals surface area contributed by atoms with Gasteiger partial charge < -0.3 is 5.32 Å². The van der Waals surface area contributed by atoms with Crippen LogP contribution in [0, 0.1) is 5.92 Å². The molecule has 70 valence electrons. The fraction of sp³-hybridized carbons (Fsp3) is 0.667. The molecule has 0 aliphatic carbocycles. The molecule has 0 fully saturated rings. The van der Waals surface area contributed by atoms with Crippen LogP contribution >= 0.6 is 15.9 Å². The predicted octanol–water partition coefficient (Wildman–Crippen LogP) is 2.10. The van der Waals surface area contributed by atoms with Crippen molar-refractivity contribution in [1.29, 1.82) is 0 Å². The van der Waals surface area contributed by atoms with Crippen molar-refractivity contribution in [2.45, 2.75) is 25.1 Å². The van der Waals surface area contributed by atoms with Crippen LogP contribution in [0.3, 0.4) is 0 Å². The van der Waals surface area contributed by atoms with Crippen LogP contribution in [0.15, 0.2) is 12.7 Å². The lowest BCUT2D eigenvalue weighted by atomic mass is 10.1. The molecule has 0 aromatic rings. The topological polar surface area (TPSA) is 29.1 Å². The van der Waals surface area contributed by atoms with E-state index < -0.39 is 0 Å². The maximum atomic E-state index is 11.3. The molecule has 0 aliphatic heterocycles. The Morgan fingerprint density at radius 2 is 2.25 bits per heavy atom. The van der Waals surface area contributed by atoms with E-state index in [4.69, 9.17) is 0 Å². The lowest BCUT2D eigenvalue weighted by Gasteiger charge is -2.12. The number of halogens is 1. The summed E-state index contributed by atoms with van der Waals surface area (Å²) in [4.78, 5) is 11.2. The monoisotopic (exact) mass is 233 g/mol. The van der Waals surface area contributed by atoms with Crippen LogP contribution in [-0.4, -0.2) is 17.3 Å². The Hall–Kier alpha value is -0.310. The van der Waals surface area contributed by atoms with E-state index >= 15 is 0 Å². The summed E-state index contributed by atoms with van der Waals surface area (Å²) in [5.41, 5.74) is 0. The SMILES string of the molecule is C=CCCNC(=O)C(Br)C(C)C. The summed E-state index contributed by atoms with van der Waals surface area (Å²) in [6.45, 7) is 8.27. The quantitative estimate of drug-likeness (QED) is 0.440. The lowest BCUT2D eigenvalue weighted by Crippen LogP contribution is -2.34. The van der Waals surface area contributed by atoms with E-state index in [2.05, 4.69) is 27.8 Å². The molecule has 0 aromatic heterocycles. The maximum Gasteiger partial charge on any atom is 0.234 e. The number of carbonyl (C=O) groups is 1. The molecule has 2 nitrogen and oxygen atoms in total. The fourth-order valence-corrected chi connectivity index (χ4v) is 0.860. The largest absolute Gasteiger partial charge is 0.355 e. The minimum atomic E-state index is -0.0812. The van der Waals surface area contributed by atoms with E-state index in [0.717, 1.165) is 6.42 Å². The number of alkyl halides is 1. The van der Waals surface area contributed by atoms with Crippen LogP contribution in [0.2, 0.25) is 0 Å². The lowest BCUT2D eigenvalue weighted by molar-refractivity contribution is -0.121. The average Bonchev–Trinajstić information content (AvgIpc) is 2.03. The molecule has 1 unspecified atom stereocenters. The minimum absolute atomic E-state index is 0.0619. The molecule has 0 bridgehead atoms. The standard InChI is InChI=1S/C9H16BrNO/c1-4-5-6-11-9(12)8(10)7(2)3/h4,7-8H,1,5-6H2,2-3H3,(H,11,12). The minimum Gasteiger partial charge on any atom is -0.355 e. The smallest absolute Gasteiger partial charge is 0.234 e. The van der Waals surface area contributed by atoms with Gasteiger partial charge >= 0.3 is 0 Å². The van der Waals surface area contributed by atoms with Gasteiger partial charge in [-0.05, 0) is 12.3 Å². The molecule has 0 heterocycles. The molecule has 0 saturated heterocycles. The number of hydrogen-bond acceptors (Lipinski definition) is 1. The molecule has 0 rings (SSSR count). The molecule has 0 saturated carbocycles. The zero-order valence-electron chi connectivity index (χ0n) is 7.64. The summed E-state index contributed by atoms with van der Waals surface area (Å²) in [6.07, 6.45) is 2.61. The Kier molecular flexibility index (Phi) is 6.07. The zero-order valence-corrected chi connectivity index (χ0v) is 9.23. The molecule has 1 N–H and O–H groups in total. The molecule has 3 heteroatoms. The molecule has 0 spiro atoms. The second-order valence-electron chi connectivity index (χ2n) is 3.01. The van der Waals surface area contributed by atoms with E-state index in [9.17, 15) is 4.79 Å². The van der Waals surface area contributed by atoms with Gasteiger partial charge in [0, 0.05) is 6.54 Å². The third-order valence-corrected chi connectivity index (χ3v) is 2.96. The van der Waals surface area contributed by atoms with E-state index in [1.165, 1.54) is 0 Å². The maximum absolute atomic E-state index is 11.3. The Balaban J connectivity index is 3.64.